The number of nitrogens with one attached hydrogen (secondary N) is 1. The van der Waals surface area contributed by atoms with Gasteiger partial charge >= 0.3 is 16.0 Å². The number of methoxy groups -OCH3 is 1. The summed E-state index contributed by atoms with van der Waals surface area (Å²) in [6.45, 7) is 0. The Morgan fingerprint density at radius 3 is 2.55 bits per heavy atom. The Labute approximate surface area is 149 Å². The van der Waals surface area contributed by atoms with Gasteiger partial charge in [-0.25, -0.2) is 9.59 Å². The van der Waals surface area contributed by atoms with Crippen molar-refractivity contribution in [3.63, 3.8) is 0 Å². The van der Waals surface area contributed by atoms with Crippen LogP contribution in [0, 0.1) is 0 Å². The van der Waals surface area contributed by atoms with Crippen LogP contribution in [-0.4, -0.2) is 23.2 Å². The van der Waals surface area contributed by atoms with Crippen molar-refractivity contribution in [1.29, 1.82) is 0 Å². The van der Waals surface area contributed by atoms with Gasteiger partial charge in [0, 0.05) is 10.1 Å². The van der Waals surface area contributed by atoms with Gasteiger partial charge in [0.05, 0.1) is 17.8 Å². The Bertz CT molecular complexity index is 741. The molecule has 0 saturated heterocycles. The van der Waals surface area contributed by atoms with Crippen molar-refractivity contribution in [2.45, 2.75) is 3.98 Å². The number of hydrogen-bond donors (Lipinski definition) is 1. The largest absolute Gasteiger partial charge is 0.465 e. The first-order valence-electron chi connectivity index (χ1n) is 5.59. The van der Waals surface area contributed by atoms with Crippen LogP contribution < -0.4 is 5.32 Å². The highest BCUT2D eigenvalue weighted by Gasteiger charge is 2.28. The number of esters is 1. The first-order chi connectivity index (χ1) is 10.2. The fraction of sp³-hybridized carbons (Fsp3) is 0.167. The summed E-state index contributed by atoms with van der Waals surface area (Å²) in [7, 11) is 1.22. The van der Waals surface area contributed by atoms with Crippen molar-refractivity contribution < 1.29 is 19.1 Å². The van der Waals surface area contributed by atoms with Crippen LogP contribution in [0.5, 0.6) is 0 Å². The maximum Gasteiger partial charge on any atom is 0.415 e. The molecule has 0 spiro atoms. The van der Waals surface area contributed by atoms with Gasteiger partial charge in [-0.15, -0.1) is 11.3 Å². The number of halogens is 4. The van der Waals surface area contributed by atoms with Crippen molar-refractivity contribution in [2.75, 3.05) is 12.4 Å². The molecule has 0 saturated carbocycles. The molecule has 0 radical (unpaired) electrons. The standard InChI is InChI=1S/C12H7Cl4NO4S/c1-20-10(18)9-8(17-11(19)21-12(14,15)16)7-5(13)3-2-4-6(7)22-9/h2-4H,1H3,(H,17,19). The number of alkyl halides is 3. The molecule has 5 nitrogen and oxygen atoms in total. The lowest BCUT2D eigenvalue weighted by molar-refractivity contribution is 0.0607. The molecule has 0 bridgehead atoms. The second kappa shape index (κ2) is 6.68. The molecule has 0 aliphatic carbocycles. The lowest BCUT2D eigenvalue weighted by atomic mass is 10.2. The lowest BCUT2D eigenvalue weighted by Crippen LogP contribution is -2.22. The van der Waals surface area contributed by atoms with Crippen LogP contribution in [0.15, 0.2) is 18.2 Å². The van der Waals surface area contributed by atoms with E-state index in [0.29, 0.717) is 15.1 Å². The molecular weight excluding hydrogens is 396 g/mol. The zero-order valence-corrected chi connectivity index (χ0v) is 14.6. The Balaban J connectivity index is 2.50. The van der Waals surface area contributed by atoms with E-state index in [1.165, 1.54) is 7.11 Å². The van der Waals surface area contributed by atoms with Gasteiger partial charge in [0.2, 0.25) is 0 Å². The summed E-state index contributed by atoms with van der Waals surface area (Å²) in [5, 5.41) is 3.17. The van der Waals surface area contributed by atoms with Crippen LogP contribution in [0.4, 0.5) is 10.5 Å². The van der Waals surface area contributed by atoms with E-state index in [1.807, 2.05) is 0 Å². The number of thiophene rings is 1. The molecule has 10 heteroatoms. The van der Waals surface area contributed by atoms with Gasteiger partial charge in [0.15, 0.2) is 0 Å². The maximum absolute atomic E-state index is 11.9. The normalized spacial score (nSPS) is 11.3. The van der Waals surface area contributed by atoms with Crippen LogP contribution in [0.2, 0.25) is 5.02 Å². The highest BCUT2D eigenvalue weighted by molar-refractivity contribution is 7.21. The minimum Gasteiger partial charge on any atom is -0.465 e. The van der Waals surface area contributed by atoms with E-state index in [4.69, 9.17) is 46.4 Å². The number of hydrogen-bond acceptors (Lipinski definition) is 5. The first kappa shape index (κ1) is 17.4. The van der Waals surface area contributed by atoms with Crippen molar-refractivity contribution in [2.24, 2.45) is 0 Å². The Hall–Kier alpha value is -0.920. The number of carbonyl (C=O) groups is 2. The summed E-state index contributed by atoms with van der Waals surface area (Å²) in [6, 6.07) is 5.07. The second-order valence-corrected chi connectivity index (χ2v) is 7.51. The van der Waals surface area contributed by atoms with Crippen LogP contribution in [0.3, 0.4) is 0 Å². The zero-order chi connectivity index (χ0) is 16.5. The van der Waals surface area contributed by atoms with Gasteiger partial charge in [-0.05, 0) is 46.9 Å². The number of amides is 1. The third-order valence-electron chi connectivity index (χ3n) is 2.47. The predicted octanol–water partition coefficient (Wildman–Crippen LogP) is 5.22. The molecule has 0 fully saturated rings. The highest BCUT2D eigenvalue weighted by atomic mass is 35.6. The van der Waals surface area contributed by atoms with Gasteiger partial charge in [0.25, 0.3) is 0 Å². The summed E-state index contributed by atoms with van der Waals surface area (Å²) >= 11 is 23.4. The average molecular weight is 403 g/mol. The molecule has 0 aliphatic rings. The van der Waals surface area contributed by atoms with E-state index in [1.54, 1.807) is 18.2 Å². The molecule has 0 aliphatic heterocycles. The minimum atomic E-state index is -2.23. The fourth-order valence-corrected chi connectivity index (χ4v) is 3.33. The van der Waals surface area contributed by atoms with Crippen LogP contribution in [-0.2, 0) is 9.47 Å². The Morgan fingerprint density at radius 2 is 1.95 bits per heavy atom. The van der Waals surface area contributed by atoms with E-state index in [9.17, 15) is 9.59 Å². The van der Waals surface area contributed by atoms with E-state index in [2.05, 4.69) is 14.8 Å². The van der Waals surface area contributed by atoms with Crippen LogP contribution in [0.1, 0.15) is 9.67 Å². The number of anilines is 1. The Kier molecular flexibility index (Phi) is 5.29. The molecular formula is C12H7Cl4NO4S. The molecule has 1 heterocycles. The molecule has 2 aromatic rings. The van der Waals surface area contributed by atoms with Gasteiger partial charge < -0.3 is 9.47 Å². The zero-order valence-electron chi connectivity index (χ0n) is 10.8. The van der Waals surface area contributed by atoms with Crippen molar-refractivity contribution in [1.82, 2.24) is 0 Å². The Morgan fingerprint density at radius 1 is 1.27 bits per heavy atom. The average Bonchev–Trinajstić information content (AvgIpc) is 2.75. The van der Waals surface area contributed by atoms with Gasteiger partial charge in [-0.1, -0.05) is 17.7 Å². The quantitative estimate of drug-likeness (QED) is 0.552. The third kappa shape index (κ3) is 3.88. The molecule has 22 heavy (non-hydrogen) atoms. The number of ether oxygens (including phenoxy) is 2. The van der Waals surface area contributed by atoms with Crippen LogP contribution in [0.25, 0.3) is 10.1 Å². The van der Waals surface area contributed by atoms with Gasteiger partial charge in [0.1, 0.15) is 4.88 Å². The molecule has 0 unspecified atom stereocenters. The van der Waals surface area contributed by atoms with E-state index >= 15 is 0 Å². The lowest BCUT2D eigenvalue weighted by Gasteiger charge is -2.13. The minimum absolute atomic E-state index is 0.136. The SMILES string of the molecule is COC(=O)c1sc2cccc(Cl)c2c1NC(=O)OC(Cl)(Cl)Cl. The number of benzene rings is 1. The molecule has 118 valence electrons. The first-order valence-corrected chi connectivity index (χ1v) is 7.92. The number of fused-ring (bicyclic) bond motifs is 1. The molecule has 0 atom stereocenters. The van der Waals surface area contributed by atoms with Crippen molar-refractivity contribution >= 4 is 85.6 Å². The molecule has 1 amide bonds. The predicted molar refractivity (Wildman–Crippen MR) is 88.6 cm³/mol. The second-order valence-electron chi connectivity index (χ2n) is 3.87. The number of carbonyl (C=O) groups excluding carboxylic acids is 2. The molecule has 1 aromatic carbocycles. The van der Waals surface area contributed by atoms with E-state index < -0.39 is 16.0 Å². The molecule has 1 N–H and O–H groups in total. The topological polar surface area (TPSA) is 64.6 Å². The molecule has 1 aromatic heterocycles. The van der Waals surface area contributed by atoms with Crippen molar-refractivity contribution in [3.05, 3.63) is 28.1 Å². The summed E-state index contributed by atoms with van der Waals surface area (Å²) in [5.41, 5.74) is 0.136. The molecule has 2 rings (SSSR count). The van der Waals surface area contributed by atoms with E-state index in [0.717, 1.165) is 11.3 Å². The maximum atomic E-state index is 11.9. The monoisotopic (exact) mass is 401 g/mol. The van der Waals surface area contributed by atoms with Crippen LogP contribution >= 0.6 is 57.7 Å². The van der Waals surface area contributed by atoms with Gasteiger partial charge in [-0.3, -0.25) is 5.32 Å². The smallest absolute Gasteiger partial charge is 0.415 e. The third-order valence-corrected chi connectivity index (χ3v) is 4.15. The summed E-state index contributed by atoms with van der Waals surface area (Å²) in [5.74, 6) is -0.638. The highest BCUT2D eigenvalue weighted by Crippen LogP contribution is 2.40. The van der Waals surface area contributed by atoms with E-state index in [-0.39, 0.29) is 10.6 Å². The summed E-state index contributed by atoms with van der Waals surface area (Å²) in [4.78, 5) is 23.8. The summed E-state index contributed by atoms with van der Waals surface area (Å²) < 4.78 is 7.66. The fourth-order valence-electron chi connectivity index (χ4n) is 1.69. The van der Waals surface area contributed by atoms with Crippen molar-refractivity contribution in [3.8, 4) is 0 Å². The summed E-state index contributed by atoms with van der Waals surface area (Å²) in [6.07, 6.45) is -1.05. The van der Waals surface area contributed by atoms with Gasteiger partial charge in [-0.2, -0.15) is 0 Å². The number of rotatable bonds is 2.